The van der Waals surface area contributed by atoms with Crippen molar-refractivity contribution in [2.24, 2.45) is 0 Å². The predicted octanol–water partition coefficient (Wildman–Crippen LogP) is 0.349. The number of nitrogens with two attached hydrogens (primary N) is 1. The van der Waals surface area contributed by atoms with E-state index in [9.17, 15) is 4.79 Å². The summed E-state index contributed by atoms with van der Waals surface area (Å²) in [5.74, 6) is 0.219. The van der Waals surface area contributed by atoms with Crippen molar-refractivity contribution in [1.29, 1.82) is 0 Å². The largest absolute Gasteiger partial charge is 0.366 e. The van der Waals surface area contributed by atoms with Gasteiger partial charge in [0.1, 0.15) is 0 Å². The molecule has 0 saturated carbocycles. The van der Waals surface area contributed by atoms with Crippen molar-refractivity contribution in [3.63, 3.8) is 0 Å². The quantitative estimate of drug-likeness (QED) is 0.789. The minimum Gasteiger partial charge on any atom is -0.366 e. The highest BCUT2D eigenvalue weighted by Crippen LogP contribution is 2.17. The smallest absolute Gasteiger partial charge is 0.271 e. The third-order valence-electron chi connectivity index (χ3n) is 1.56. The van der Waals surface area contributed by atoms with Crippen molar-refractivity contribution in [2.45, 2.75) is 0 Å². The summed E-state index contributed by atoms with van der Waals surface area (Å²) >= 11 is 8.86. The molecular weight excluding hydrogens is 287 g/mol. The fourth-order valence-electron chi connectivity index (χ4n) is 0.964. The highest BCUT2D eigenvalue weighted by Gasteiger charge is 2.13. The first kappa shape index (κ1) is 10.1. The van der Waals surface area contributed by atoms with Crippen LogP contribution in [-0.2, 0) is 0 Å². The van der Waals surface area contributed by atoms with Gasteiger partial charge >= 0.3 is 0 Å². The number of aromatic nitrogens is 5. The van der Waals surface area contributed by atoms with E-state index in [1.807, 2.05) is 0 Å². The summed E-state index contributed by atoms with van der Waals surface area (Å²) in [5.41, 5.74) is 4.92. The molecule has 15 heavy (non-hydrogen) atoms. The molecule has 78 valence electrons. The standard InChI is InChI=1S/C6H4BrClN6O/c7-5-12-6(9)13-14(5)3-2(8)4(15)11-1-10-3/h1H,(H2,9,13)(H,10,11,15). The first-order chi connectivity index (χ1) is 7.09. The summed E-state index contributed by atoms with van der Waals surface area (Å²) in [6, 6.07) is 0. The van der Waals surface area contributed by atoms with Gasteiger partial charge in [-0.15, -0.1) is 5.10 Å². The Morgan fingerprint density at radius 2 is 2.33 bits per heavy atom. The Morgan fingerprint density at radius 3 is 2.93 bits per heavy atom. The number of H-pyrrole nitrogens is 1. The lowest BCUT2D eigenvalue weighted by Crippen LogP contribution is -2.12. The zero-order valence-electron chi connectivity index (χ0n) is 7.11. The van der Waals surface area contributed by atoms with E-state index in [4.69, 9.17) is 17.3 Å². The molecule has 2 aromatic rings. The Morgan fingerprint density at radius 1 is 1.60 bits per heavy atom. The average Bonchev–Trinajstić information content (AvgIpc) is 2.50. The Bertz CT molecular complexity index is 563. The SMILES string of the molecule is Nc1nc(Br)n(-c2nc[nH]c(=O)c2Cl)n1. The maximum atomic E-state index is 11.2. The van der Waals surface area contributed by atoms with Gasteiger partial charge < -0.3 is 10.7 Å². The number of rotatable bonds is 1. The van der Waals surface area contributed by atoms with Gasteiger partial charge in [0.25, 0.3) is 5.56 Å². The van der Waals surface area contributed by atoms with Crippen LogP contribution in [0.4, 0.5) is 5.95 Å². The zero-order chi connectivity index (χ0) is 11.0. The van der Waals surface area contributed by atoms with Crippen molar-refractivity contribution in [3.05, 3.63) is 26.4 Å². The zero-order valence-corrected chi connectivity index (χ0v) is 9.45. The van der Waals surface area contributed by atoms with Crippen LogP contribution in [0.3, 0.4) is 0 Å². The second-order valence-electron chi connectivity index (χ2n) is 2.52. The molecule has 0 bridgehead atoms. The monoisotopic (exact) mass is 290 g/mol. The summed E-state index contributed by atoms with van der Waals surface area (Å²) in [5, 5.41) is 3.74. The number of nitrogens with zero attached hydrogens (tertiary/aromatic N) is 4. The van der Waals surface area contributed by atoms with E-state index < -0.39 is 5.56 Å². The van der Waals surface area contributed by atoms with Gasteiger partial charge in [-0.05, 0) is 15.9 Å². The molecule has 3 N–H and O–H groups in total. The second-order valence-corrected chi connectivity index (χ2v) is 3.61. The van der Waals surface area contributed by atoms with E-state index in [0.717, 1.165) is 0 Å². The molecule has 0 aromatic carbocycles. The van der Waals surface area contributed by atoms with Crippen molar-refractivity contribution < 1.29 is 0 Å². The molecule has 0 radical (unpaired) electrons. The summed E-state index contributed by atoms with van der Waals surface area (Å²) in [6.45, 7) is 0. The van der Waals surface area contributed by atoms with Crippen LogP contribution in [0, 0.1) is 0 Å². The lowest BCUT2D eigenvalue weighted by molar-refractivity contribution is 0.817. The first-order valence-corrected chi connectivity index (χ1v) is 4.88. The molecule has 0 saturated heterocycles. The van der Waals surface area contributed by atoms with Gasteiger partial charge in [0.15, 0.2) is 10.8 Å². The molecule has 2 heterocycles. The topological polar surface area (TPSA) is 102 Å². The molecule has 0 unspecified atom stereocenters. The van der Waals surface area contributed by atoms with Crippen LogP contribution in [-0.4, -0.2) is 24.7 Å². The summed E-state index contributed by atoms with van der Waals surface area (Å²) in [6.07, 6.45) is 1.22. The minimum absolute atomic E-state index is 0.0556. The lowest BCUT2D eigenvalue weighted by Gasteiger charge is -2.00. The van der Waals surface area contributed by atoms with Crippen LogP contribution in [0.2, 0.25) is 5.02 Å². The third-order valence-corrected chi connectivity index (χ3v) is 2.42. The number of hydrogen-bond acceptors (Lipinski definition) is 5. The number of anilines is 1. The number of aromatic amines is 1. The predicted molar refractivity (Wildman–Crippen MR) is 56.9 cm³/mol. The molecule has 0 aliphatic heterocycles. The minimum atomic E-state index is -0.456. The van der Waals surface area contributed by atoms with Gasteiger partial charge in [-0.3, -0.25) is 4.79 Å². The Balaban J connectivity index is 2.69. The van der Waals surface area contributed by atoms with Crippen molar-refractivity contribution in [2.75, 3.05) is 5.73 Å². The lowest BCUT2D eigenvalue weighted by atomic mass is 10.6. The van der Waals surface area contributed by atoms with Gasteiger partial charge in [0, 0.05) is 0 Å². The van der Waals surface area contributed by atoms with Crippen molar-refractivity contribution >= 4 is 33.5 Å². The number of hydrogen-bond donors (Lipinski definition) is 2. The molecule has 0 aliphatic carbocycles. The molecule has 0 atom stereocenters. The molecule has 0 aliphatic rings. The molecule has 9 heteroatoms. The average molecular weight is 291 g/mol. The molecule has 0 spiro atoms. The molecule has 0 amide bonds. The molecule has 0 fully saturated rings. The Hall–Kier alpha value is -1.41. The Kier molecular flexibility index (Phi) is 2.45. The van der Waals surface area contributed by atoms with Crippen LogP contribution in [0.5, 0.6) is 0 Å². The van der Waals surface area contributed by atoms with E-state index in [2.05, 4.69) is 36.0 Å². The fourth-order valence-corrected chi connectivity index (χ4v) is 1.58. The number of nitrogens with one attached hydrogen (secondary N) is 1. The second kappa shape index (κ2) is 3.63. The summed E-state index contributed by atoms with van der Waals surface area (Å²) < 4.78 is 1.55. The van der Waals surface area contributed by atoms with Crippen LogP contribution in [0.25, 0.3) is 5.82 Å². The molecule has 7 nitrogen and oxygen atoms in total. The van der Waals surface area contributed by atoms with E-state index in [-0.39, 0.29) is 16.8 Å². The maximum Gasteiger partial charge on any atom is 0.271 e. The van der Waals surface area contributed by atoms with E-state index in [1.165, 1.54) is 11.0 Å². The maximum absolute atomic E-state index is 11.2. The van der Waals surface area contributed by atoms with Crippen LogP contribution < -0.4 is 11.3 Å². The highest BCUT2D eigenvalue weighted by atomic mass is 79.9. The summed E-state index contributed by atoms with van der Waals surface area (Å²) in [7, 11) is 0. The van der Waals surface area contributed by atoms with Gasteiger partial charge in [0.05, 0.1) is 6.33 Å². The molecular formula is C6H4BrClN6O. The highest BCUT2D eigenvalue weighted by molar-refractivity contribution is 9.10. The van der Waals surface area contributed by atoms with Crippen molar-refractivity contribution in [3.8, 4) is 5.82 Å². The van der Waals surface area contributed by atoms with Gasteiger partial charge in [0.2, 0.25) is 10.7 Å². The van der Waals surface area contributed by atoms with Crippen LogP contribution in [0.1, 0.15) is 0 Å². The van der Waals surface area contributed by atoms with Gasteiger partial charge in [-0.2, -0.15) is 9.67 Å². The van der Waals surface area contributed by atoms with E-state index in [0.29, 0.717) is 4.73 Å². The van der Waals surface area contributed by atoms with Gasteiger partial charge in [-0.1, -0.05) is 11.6 Å². The Labute approximate surface area is 96.4 Å². The van der Waals surface area contributed by atoms with Gasteiger partial charge in [-0.25, -0.2) is 4.98 Å². The normalized spacial score (nSPS) is 10.5. The number of nitrogen functional groups attached to an aromatic ring is 1. The van der Waals surface area contributed by atoms with Crippen LogP contribution in [0.15, 0.2) is 15.9 Å². The summed E-state index contributed by atoms with van der Waals surface area (Å²) in [4.78, 5) is 21.2. The van der Waals surface area contributed by atoms with Crippen LogP contribution >= 0.6 is 27.5 Å². The number of halogens is 2. The fraction of sp³-hybridized carbons (Fsp3) is 0. The molecule has 2 aromatic heterocycles. The van der Waals surface area contributed by atoms with Crippen molar-refractivity contribution in [1.82, 2.24) is 24.7 Å². The van der Waals surface area contributed by atoms with E-state index in [1.54, 1.807) is 0 Å². The first-order valence-electron chi connectivity index (χ1n) is 3.71. The van der Waals surface area contributed by atoms with E-state index >= 15 is 0 Å². The third kappa shape index (κ3) is 1.73. The molecule has 2 rings (SSSR count).